The summed E-state index contributed by atoms with van der Waals surface area (Å²) in [4.78, 5) is 19.1. The molecule has 0 amide bonds. The SMILES string of the molecule is C#CCn1c(N2CCCCC2)nc2cnn(C)c(=O)c21. The van der Waals surface area contributed by atoms with Gasteiger partial charge in [0.15, 0.2) is 0 Å². The summed E-state index contributed by atoms with van der Waals surface area (Å²) in [5, 5.41) is 4.02. The molecule has 0 N–H and O–H groups in total. The van der Waals surface area contributed by atoms with Crippen molar-refractivity contribution < 1.29 is 0 Å². The molecule has 0 bridgehead atoms. The largest absolute Gasteiger partial charge is 0.342 e. The third-order valence-corrected chi connectivity index (χ3v) is 3.71. The van der Waals surface area contributed by atoms with Gasteiger partial charge in [0.1, 0.15) is 11.0 Å². The van der Waals surface area contributed by atoms with E-state index in [1.165, 1.54) is 11.1 Å². The van der Waals surface area contributed by atoms with Crippen LogP contribution in [0.3, 0.4) is 0 Å². The molecule has 104 valence electrons. The minimum atomic E-state index is -0.159. The molecule has 1 aliphatic heterocycles. The highest BCUT2D eigenvalue weighted by molar-refractivity contribution is 5.77. The molecular weight excluding hydrogens is 254 g/mol. The quantitative estimate of drug-likeness (QED) is 0.757. The van der Waals surface area contributed by atoms with Crippen LogP contribution in [-0.2, 0) is 13.6 Å². The van der Waals surface area contributed by atoms with Gasteiger partial charge in [-0.25, -0.2) is 9.67 Å². The van der Waals surface area contributed by atoms with Crippen LogP contribution in [0, 0.1) is 12.3 Å². The van der Waals surface area contributed by atoms with Crippen LogP contribution in [0.15, 0.2) is 11.0 Å². The summed E-state index contributed by atoms with van der Waals surface area (Å²) in [5.41, 5.74) is 0.999. The molecule has 3 rings (SSSR count). The lowest BCUT2D eigenvalue weighted by atomic mass is 10.1. The molecule has 0 radical (unpaired) electrons. The Balaban J connectivity index is 2.21. The number of aryl methyl sites for hydroxylation is 1. The maximum atomic E-state index is 12.3. The highest BCUT2D eigenvalue weighted by Crippen LogP contribution is 2.22. The van der Waals surface area contributed by atoms with Crippen molar-refractivity contribution in [2.45, 2.75) is 25.8 Å². The van der Waals surface area contributed by atoms with Crippen LogP contribution in [0.25, 0.3) is 11.0 Å². The van der Waals surface area contributed by atoms with E-state index >= 15 is 0 Å². The summed E-state index contributed by atoms with van der Waals surface area (Å²) in [6.45, 7) is 2.27. The Morgan fingerprint density at radius 3 is 2.80 bits per heavy atom. The third kappa shape index (κ3) is 1.95. The third-order valence-electron chi connectivity index (χ3n) is 3.71. The highest BCUT2D eigenvalue weighted by Gasteiger charge is 2.20. The molecule has 20 heavy (non-hydrogen) atoms. The van der Waals surface area contributed by atoms with E-state index in [0.29, 0.717) is 17.6 Å². The number of rotatable bonds is 2. The lowest BCUT2D eigenvalue weighted by molar-refractivity contribution is 0.561. The second-order valence-corrected chi connectivity index (χ2v) is 5.06. The molecule has 6 heteroatoms. The number of fused-ring (bicyclic) bond motifs is 1. The summed E-state index contributed by atoms with van der Waals surface area (Å²) in [5.74, 6) is 3.41. The number of imidazole rings is 1. The summed E-state index contributed by atoms with van der Waals surface area (Å²) >= 11 is 0. The molecule has 0 atom stereocenters. The van der Waals surface area contributed by atoms with E-state index in [-0.39, 0.29) is 5.56 Å². The maximum Gasteiger partial charge on any atom is 0.292 e. The number of anilines is 1. The molecule has 0 aromatic carbocycles. The van der Waals surface area contributed by atoms with Crippen molar-refractivity contribution in [2.75, 3.05) is 18.0 Å². The van der Waals surface area contributed by atoms with E-state index in [1.54, 1.807) is 13.2 Å². The van der Waals surface area contributed by atoms with Crippen molar-refractivity contribution in [1.29, 1.82) is 0 Å². The summed E-state index contributed by atoms with van der Waals surface area (Å²) in [7, 11) is 1.63. The minimum Gasteiger partial charge on any atom is -0.342 e. The topological polar surface area (TPSA) is 56.0 Å². The van der Waals surface area contributed by atoms with E-state index in [9.17, 15) is 4.79 Å². The van der Waals surface area contributed by atoms with Crippen LogP contribution in [0.4, 0.5) is 5.95 Å². The fourth-order valence-electron chi connectivity index (χ4n) is 2.70. The standard InChI is InChI=1S/C14H17N5O/c1-3-7-19-12-11(10-15-17(2)13(12)20)16-14(19)18-8-5-4-6-9-18/h1,10H,4-9H2,2H3. The molecule has 0 saturated carbocycles. The summed E-state index contributed by atoms with van der Waals surface area (Å²) < 4.78 is 3.15. The van der Waals surface area contributed by atoms with Gasteiger partial charge in [-0.1, -0.05) is 5.92 Å². The van der Waals surface area contributed by atoms with Gasteiger partial charge in [0, 0.05) is 20.1 Å². The monoisotopic (exact) mass is 271 g/mol. The average molecular weight is 271 g/mol. The van der Waals surface area contributed by atoms with E-state index in [2.05, 4.69) is 20.9 Å². The fraction of sp³-hybridized carbons (Fsp3) is 0.500. The van der Waals surface area contributed by atoms with Gasteiger partial charge in [-0.15, -0.1) is 6.42 Å². The molecule has 0 spiro atoms. The van der Waals surface area contributed by atoms with Gasteiger partial charge in [0.2, 0.25) is 5.95 Å². The van der Waals surface area contributed by atoms with E-state index in [4.69, 9.17) is 6.42 Å². The molecule has 3 heterocycles. The second kappa shape index (κ2) is 5.00. The summed E-state index contributed by atoms with van der Waals surface area (Å²) in [6, 6.07) is 0. The van der Waals surface area contributed by atoms with E-state index in [0.717, 1.165) is 31.9 Å². The predicted octanol–water partition coefficient (Wildman–Crippen LogP) is 0.753. The Morgan fingerprint density at radius 1 is 1.35 bits per heavy atom. The van der Waals surface area contributed by atoms with Gasteiger partial charge < -0.3 is 4.90 Å². The van der Waals surface area contributed by atoms with Gasteiger partial charge in [-0.2, -0.15) is 5.10 Å². The Hall–Kier alpha value is -2.29. The second-order valence-electron chi connectivity index (χ2n) is 5.06. The van der Waals surface area contributed by atoms with Crippen LogP contribution in [0.5, 0.6) is 0 Å². The zero-order valence-corrected chi connectivity index (χ0v) is 11.5. The number of piperidine rings is 1. The Kier molecular flexibility index (Phi) is 3.18. The zero-order valence-electron chi connectivity index (χ0n) is 11.5. The van der Waals surface area contributed by atoms with Crippen LogP contribution >= 0.6 is 0 Å². The number of aromatic nitrogens is 4. The van der Waals surface area contributed by atoms with Crippen LogP contribution in [0.1, 0.15) is 19.3 Å². The number of terminal acetylenes is 1. The molecule has 1 saturated heterocycles. The predicted molar refractivity (Wildman–Crippen MR) is 77.7 cm³/mol. The van der Waals surface area contributed by atoms with Gasteiger partial charge in [-0.05, 0) is 19.3 Å². The van der Waals surface area contributed by atoms with E-state index < -0.39 is 0 Å². The molecule has 6 nitrogen and oxygen atoms in total. The fourth-order valence-corrected chi connectivity index (χ4v) is 2.70. The van der Waals surface area contributed by atoms with Crippen molar-refractivity contribution in [3.63, 3.8) is 0 Å². The van der Waals surface area contributed by atoms with Gasteiger partial charge in [-0.3, -0.25) is 9.36 Å². The Labute approximate surface area is 117 Å². The molecule has 2 aromatic rings. The molecule has 2 aromatic heterocycles. The Bertz CT molecular complexity index is 730. The van der Waals surface area contributed by atoms with Crippen LogP contribution in [-0.4, -0.2) is 32.4 Å². The van der Waals surface area contributed by atoms with Gasteiger partial charge in [0.25, 0.3) is 5.56 Å². The smallest absolute Gasteiger partial charge is 0.292 e. The van der Waals surface area contributed by atoms with Crippen molar-refractivity contribution in [3.8, 4) is 12.3 Å². The lowest BCUT2D eigenvalue weighted by Gasteiger charge is -2.27. The van der Waals surface area contributed by atoms with Crippen molar-refractivity contribution in [3.05, 3.63) is 16.6 Å². The van der Waals surface area contributed by atoms with E-state index in [1.807, 2.05) is 4.57 Å². The first-order valence-electron chi connectivity index (χ1n) is 6.83. The van der Waals surface area contributed by atoms with Crippen LogP contribution in [0.2, 0.25) is 0 Å². The lowest BCUT2D eigenvalue weighted by Crippen LogP contribution is -2.32. The first-order valence-corrected chi connectivity index (χ1v) is 6.83. The molecular formula is C14H17N5O. The van der Waals surface area contributed by atoms with Crippen molar-refractivity contribution in [1.82, 2.24) is 19.3 Å². The highest BCUT2D eigenvalue weighted by atomic mass is 16.1. The van der Waals surface area contributed by atoms with Crippen molar-refractivity contribution >= 4 is 17.0 Å². The first kappa shape index (κ1) is 12.7. The molecule has 0 unspecified atom stereocenters. The number of nitrogens with zero attached hydrogens (tertiary/aromatic N) is 5. The maximum absolute atomic E-state index is 12.3. The van der Waals surface area contributed by atoms with Gasteiger partial charge >= 0.3 is 0 Å². The Morgan fingerprint density at radius 2 is 2.10 bits per heavy atom. The first-order chi connectivity index (χ1) is 9.72. The minimum absolute atomic E-state index is 0.159. The van der Waals surface area contributed by atoms with Crippen molar-refractivity contribution in [2.24, 2.45) is 7.05 Å². The zero-order chi connectivity index (χ0) is 14.1. The molecule has 1 aliphatic rings. The average Bonchev–Trinajstić information content (AvgIpc) is 2.84. The number of hydrogen-bond donors (Lipinski definition) is 0. The number of hydrogen-bond acceptors (Lipinski definition) is 4. The normalized spacial score (nSPS) is 15.5. The summed E-state index contributed by atoms with van der Waals surface area (Å²) in [6.07, 6.45) is 10.6. The molecule has 1 fully saturated rings. The van der Waals surface area contributed by atoms with Gasteiger partial charge in [0.05, 0.1) is 12.7 Å². The molecule has 0 aliphatic carbocycles. The van der Waals surface area contributed by atoms with Crippen LogP contribution < -0.4 is 10.5 Å².